The minimum atomic E-state index is 0.0810. The van der Waals surface area contributed by atoms with Gasteiger partial charge >= 0.3 is 0 Å². The molecule has 0 bridgehead atoms. The van der Waals surface area contributed by atoms with E-state index < -0.39 is 0 Å². The van der Waals surface area contributed by atoms with Gasteiger partial charge in [-0.3, -0.25) is 4.79 Å². The summed E-state index contributed by atoms with van der Waals surface area (Å²) in [6, 6.07) is 12.4. The van der Waals surface area contributed by atoms with Crippen molar-refractivity contribution in [1.29, 1.82) is 0 Å². The summed E-state index contributed by atoms with van der Waals surface area (Å²) in [5.41, 5.74) is 3.19. The molecule has 0 aliphatic carbocycles. The lowest BCUT2D eigenvalue weighted by Crippen LogP contribution is -2.42. The number of aromatic nitrogens is 2. The van der Waals surface area contributed by atoms with Crippen LogP contribution in [0.15, 0.2) is 36.4 Å². The third kappa shape index (κ3) is 4.50. The van der Waals surface area contributed by atoms with Crippen LogP contribution >= 0.6 is 0 Å². The number of piperidine rings is 1. The molecule has 148 valence electrons. The van der Waals surface area contributed by atoms with Crippen molar-refractivity contribution in [2.24, 2.45) is 5.92 Å². The Kier molecular flexibility index (Phi) is 5.86. The summed E-state index contributed by atoms with van der Waals surface area (Å²) in [4.78, 5) is 14.6. The molecule has 3 heterocycles. The molecule has 28 heavy (non-hydrogen) atoms. The van der Waals surface area contributed by atoms with E-state index >= 15 is 0 Å². The minimum absolute atomic E-state index is 0.0810. The molecule has 2 aliphatic rings. The van der Waals surface area contributed by atoms with Crippen LogP contribution in [0, 0.1) is 12.8 Å². The summed E-state index contributed by atoms with van der Waals surface area (Å²) in [5, 5.41) is 11.9. The zero-order chi connectivity index (χ0) is 19.3. The van der Waals surface area contributed by atoms with E-state index in [1.54, 1.807) is 0 Å². The number of carbonyl (C=O) groups excluding carboxylic acids is 1. The highest BCUT2D eigenvalue weighted by atomic mass is 16.5. The molecule has 1 aromatic carbocycles. The van der Waals surface area contributed by atoms with Crippen molar-refractivity contribution >= 4 is 11.7 Å². The molecule has 2 saturated heterocycles. The molecular formula is C22H28N4O2. The van der Waals surface area contributed by atoms with Gasteiger partial charge in [0.1, 0.15) is 0 Å². The lowest BCUT2D eigenvalue weighted by atomic mass is 9.96. The van der Waals surface area contributed by atoms with Gasteiger partial charge in [-0.2, -0.15) is 0 Å². The second-order valence-electron chi connectivity index (χ2n) is 7.78. The Labute approximate surface area is 166 Å². The first-order valence-electron chi connectivity index (χ1n) is 10.2. The van der Waals surface area contributed by atoms with Gasteiger partial charge in [-0.25, -0.2) is 0 Å². The first kappa shape index (κ1) is 18.9. The zero-order valence-electron chi connectivity index (χ0n) is 16.4. The standard InChI is InChI=1S/C22H28N4O2/c1-16-4-6-17(7-5-16)20-8-9-21(25-24-20)26-12-10-18(11-13-26)22(27)23-15-19-3-2-14-28-19/h4-9,18-19H,2-3,10-15H2,1H3,(H,23,27)/t19-/m1/s1. The fraction of sp³-hybridized carbons (Fsp3) is 0.500. The van der Waals surface area contributed by atoms with Crippen LogP contribution < -0.4 is 10.2 Å². The van der Waals surface area contributed by atoms with Gasteiger partial charge in [-0.1, -0.05) is 29.8 Å². The van der Waals surface area contributed by atoms with Crippen LogP contribution in [0.2, 0.25) is 0 Å². The van der Waals surface area contributed by atoms with E-state index in [4.69, 9.17) is 4.74 Å². The summed E-state index contributed by atoms with van der Waals surface area (Å²) in [6.45, 7) is 5.20. The monoisotopic (exact) mass is 380 g/mol. The quantitative estimate of drug-likeness (QED) is 0.864. The third-order valence-electron chi connectivity index (χ3n) is 5.72. The molecular weight excluding hydrogens is 352 g/mol. The Morgan fingerprint density at radius 2 is 1.89 bits per heavy atom. The lowest BCUT2D eigenvalue weighted by Gasteiger charge is -2.32. The van der Waals surface area contributed by atoms with E-state index in [-0.39, 0.29) is 17.9 Å². The molecule has 6 nitrogen and oxygen atoms in total. The summed E-state index contributed by atoms with van der Waals surface area (Å²) >= 11 is 0. The molecule has 0 spiro atoms. The van der Waals surface area contributed by atoms with Crippen molar-refractivity contribution in [2.75, 3.05) is 31.1 Å². The first-order chi connectivity index (χ1) is 13.7. The van der Waals surface area contributed by atoms with Crippen LogP contribution in [0.5, 0.6) is 0 Å². The summed E-state index contributed by atoms with van der Waals surface area (Å²) in [5.74, 6) is 1.13. The number of hydrogen-bond acceptors (Lipinski definition) is 5. The highest BCUT2D eigenvalue weighted by molar-refractivity contribution is 5.79. The largest absolute Gasteiger partial charge is 0.376 e. The molecule has 1 aromatic heterocycles. The van der Waals surface area contributed by atoms with Gasteiger partial charge in [-0.05, 0) is 44.7 Å². The number of benzene rings is 1. The molecule has 1 atom stereocenters. The molecule has 0 radical (unpaired) electrons. The zero-order valence-corrected chi connectivity index (χ0v) is 16.4. The maximum absolute atomic E-state index is 12.4. The number of hydrogen-bond donors (Lipinski definition) is 1. The van der Waals surface area contributed by atoms with E-state index in [0.29, 0.717) is 6.54 Å². The summed E-state index contributed by atoms with van der Waals surface area (Å²) < 4.78 is 5.57. The van der Waals surface area contributed by atoms with Gasteiger partial charge in [0.05, 0.1) is 11.8 Å². The van der Waals surface area contributed by atoms with Crippen LogP contribution in [0.1, 0.15) is 31.2 Å². The molecule has 6 heteroatoms. The molecule has 0 unspecified atom stereocenters. The molecule has 1 amide bonds. The van der Waals surface area contributed by atoms with Crippen LogP contribution in [-0.4, -0.2) is 48.4 Å². The second-order valence-corrected chi connectivity index (χ2v) is 7.78. The van der Waals surface area contributed by atoms with Crippen molar-refractivity contribution in [3.8, 4) is 11.3 Å². The Bertz CT molecular complexity index is 777. The van der Waals surface area contributed by atoms with Gasteiger partial charge in [0, 0.05) is 37.7 Å². The van der Waals surface area contributed by atoms with Gasteiger partial charge in [0.15, 0.2) is 5.82 Å². The number of amides is 1. The lowest BCUT2D eigenvalue weighted by molar-refractivity contribution is -0.126. The van der Waals surface area contributed by atoms with E-state index in [9.17, 15) is 4.79 Å². The van der Waals surface area contributed by atoms with Gasteiger partial charge in [0.2, 0.25) is 5.91 Å². The fourth-order valence-electron chi connectivity index (χ4n) is 3.91. The Morgan fingerprint density at radius 3 is 2.54 bits per heavy atom. The van der Waals surface area contributed by atoms with Crippen molar-refractivity contribution in [3.05, 3.63) is 42.0 Å². The van der Waals surface area contributed by atoms with Crippen molar-refractivity contribution in [3.63, 3.8) is 0 Å². The van der Waals surface area contributed by atoms with Crippen LogP contribution in [0.25, 0.3) is 11.3 Å². The van der Waals surface area contributed by atoms with Gasteiger partial charge in [0.25, 0.3) is 0 Å². The highest BCUT2D eigenvalue weighted by Gasteiger charge is 2.26. The highest BCUT2D eigenvalue weighted by Crippen LogP contribution is 2.24. The van der Waals surface area contributed by atoms with Crippen LogP contribution in [0.4, 0.5) is 5.82 Å². The number of anilines is 1. The molecule has 2 aromatic rings. The number of nitrogens with one attached hydrogen (secondary N) is 1. The normalized spacial score (nSPS) is 20.3. The number of ether oxygens (including phenoxy) is 1. The molecule has 4 rings (SSSR count). The topological polar surface area (TPSA) is 67.4 Å². The Balaban J connectivity index is 1.28. The van der Waals surface area contributed by atoms with E-state index in [1.165, 1.54) is 5.56 Å². The number of carbonyl (C=O) groups is 1. The predicted molar refractivity (Wildman–Crippen MR) is 109 cm³/mol. The van der Waals surface area contributed by atoms with E-state index in [1.807, 2.05) is 12.1 Å². The van der Waals surface area contributed by atoms with Crippen molar-refractivity contribution < 1.29 is 9.53 Å². The SMILES string of the molecule is Cc1ccc(-c2ccc(N3CCC(C(=O)NC[C@H]4CCCO4)CC3)nn2)cc1. The maximum Gasteiger partial charge on any atom is 0.223 e. The van der Waals surface area contributed by atoms with E-state index in [0.717, 1.165) is 62.5 Å². The smallest absolute Gasteiger partial charge is 0.223 e. The molecule has 1 N–H and O–H groups in total. The summed E-state index contributed by atoms with van der Waals surface area (Å²) in [6.07, 6.45) is 4.04. The van der Waals surface area contributed by atoms with Crippen LogP contribution in [-0.2, 0) is 9.53 Å². The van der Waals surface area contributed by atoms with Gasteiger partial charge in [-0.15, -0.1) is 10.2 Å². The average Bonchev–Trinajstić information content (AvgIpc) is 3.27. The average molecular weight is 380 g/mol. The van der Waals surface area contributed by atoms with Crippen molar-refractivity contribution in [1.82, 2.24) is 15.5 Å². The molecule has 0 saturated carbocycles. The summed E-state index contributed by atoms with van der Waals surface area (Å²) in [7, 11) is 0. The first-order valence-corrected chi connectivity index (χ1v) is 10.2. The van der Waals surface area contributed by atoms with Gasteiger partial charge < -0.3 is 15.0 Å². The van der Waals surface area contributed by atoms with E-state index in [2.05, 4.69) is 51.6 Å². The van der Waals surface area contributed by atoms with Crippen molar-refractivity contribution in [2.45, 2.75) is 38.7 Å². The second kappa shape index (κ2) is 8.69. The third-order valence-corrected chi connectivity index (χ3v) is 5.72. The maximum atomic E-state index is 12.4. The predicted octanol–water partition coefficient (Wildman–Crippen LogP) is 2.96. The fourth-order valence-corrected chi connectivity index (χ4v) is 3.91. The number of aryl methyl sites for hydroxylation is 1. The Morgan fingerprint density at radius 1 is 1.11 bits per heavy atom. The number of nitrogens with zero attached hydrogens (tertiary/aromatic N) is 3. The minimum Gasteiger partial charge on any atom is -0.376 e. The molecule has 2 aliphatic heterocycles. The number of rotatable bonds is 5. The molecule has 2 fully saturated rings. The van der Waals surface area contributed by atoms with Crippen LogP contribution in [0.3, 0.4) is 0 Å². The Hall–Kier alpha value is -2.47.